The molecule has 2 aromatic rings. The maximum Gasteiger partial charge on any atom is 0.303 e. The van der Waals surface area contributed by atoms with Crippen molar-refractivity contribution in [3.05, 3.63) is 22.6 Å². The fourth-order valence-corrected chi connectivity index (χ4v) is 6.19. The van der Waals surface area contributed by atoms with Gasteiger partial charge in [-0.25, -0.2) is 0 Å². The molecule has 0 radical (unpaired) electrons. The first kappa shape index (κ1) is 28.9. The van der Waals surface area contributed by atoms with Crippen molar-refractivity contribution >= 4 is 62.6 Å². The zero-order valence-corrected chi connectivity index (χ0v) is 23.7. The van der Waals surface area contributed by atoms with Gasteiger partial charge >= 0.3 is 23.9 Å². The van der Waals surface area contributed by atoms with Crippen LogP contribution in [0, 0.1) is 6.92 Å². The molecule has 212 valence electrons. The Kier molecular flexibility index (Phi) is 8.87. The van der Waals surface area contributed by atoms with Crippen LogP contribution in [0.15, 0.2) is 11.4 Å². The second-order valence-corrected chi connectivity index (χ2v) is 10.6. The molecule has 0 aliphatic carbocycles. The summed E-state index contributed by atoms with van der Waals surface area (Å²) in [5, 5.41) is 6.38. The molecule has 0 amide bonds. The Morgan fingerprint density at radius 1 is 1.00 bits per heavy atom. The molecule has 39 heavy (non-hydrogen) atoms. The molecule has 11 nitrogen and oxygen atoms in total. The summed E-state index contributed by atoms with van der Waals surface area (Å²) in [5.74, 6) is -1.72. The number of nitrogens with one attached hydrogen (secondary N) is 1. The lowest BCUT2D eigenvalue weighted by Crippen LogP contribution is -2.63. The molecule has 1 fully saturated rings. The molecular formula is C26H30ClNO10S. The van der Waals surface area contributed by atoms with Crippen molar-refractivity contribution in [3.8, 4) is 5.75 Å². The molecule has 2 aliphatic rings. The third-order valence-electron chi connectivity index (χ3n) is 6.36. The van der Waals surface area contributed by atoms with Crippen molar-refractivity contribution in [1.82, 2.24) is 0 Å². The Hall–Kier alpha value is -3.09. The fourth-order valence-electron chi connectivity index (χ4n) is 4.90. The molecule has 2 unspecified atom stereocenters. The van der Waals surface area contributed by atoms with Crippen LogP contribution in [-0.2, 0) is 42.9 Å². The van der Waals surface area contributed by atoms with Crippen molar-refractivity contribution in [1.29, 1.82) is 0 Å². The number of fused-ring (bicyclic) bond motifs is 3. The Bertz CT molecular complexity index is 1280. The van der Waals surface area contributed by atoms with Gasteiger partial charge in [-0.1, -0.05) is 0 Å². The number of rotatable bonds is 8. The van der Waals surface area contributed by atoms with Gasteiger partial charge in [0.05, 0.1) is 4.70 Å². The summed E-state index contributed by atoms with van der Waals surface area (Å²) in [4.78, 5) is 47.8. The van der Waals surface area contributed by atoms with Crippen LogP contribution in [0.4, 0.5) is 5.69 Å². The number of carbonyl (C=O) groups excluding carboxylic acids is 4. The highest BCUT2D eigenvalue weighted by atomic mass is 35.5. The second-order valence-electron chi connectivity index (χ2n) is 9.38. The normalized spacial score (nSPS) is 25.8. The topological polar surface area (TPSA) is 136 Å². The predicted molar refractivity (Wildman–Crippen MR) is 141 cm³/mol. The van der Waals surface area contributed by atoms with Gasteiger partial charge in [0, 0.05) is 63.2 Å². The van der Waals surface area contributed by atoms with Crippen molar-refractivity contribution in [2.75, 3.05) is 24.3 Å². The number of benzene rings is 1. The molecule has 1 aromatic heterocycles. The number of anilines is 1. The van der Waals surface area contributed by atoms with E-state index in [1.54, 1.807) is 0 Å². The second kappa shape index (κ2) is 12.0. The number of aryl methyl sites for hydroxylation is 1. The highest BCUT2D eigenvalue weighted by molar-refractivity contribution is 7.17. The molecule has 13 heteroatoms. The largest absolute Gasteiger partial charge is 0.463 e. The first-order chi connectivity index (χ1) is 18.5. The molecule has 0 saturated carbocycles. The Morgan fingerprint density at radius 2 is 1.64 bits per heavy atom. The fraction of sp³-hybridized carbons (Fsp3) is 0.538. The summed E-state index contributed by atoms with van der Waals surface area (Å²) in [7, 11) is 0. The van der Waals surface area contributed by atoms with Crippen LogP contribution in [0.1, 0.15) is 44.7 Å². The van der Waals surface area contributed by atoms with E-state index >= 15 is 0 Å². The number of hydrogen-bond donors (Lipinski definition) is 1. The molecule has 1 saturated heterocycles. The SMILES string of the molecule is CC(=O)OC[C@H]1O[C@@H](Oc2cc3c(c4c(C)csc24)[C@H](CCl)CN3)[C@H](OC(C)=O)C(OC(C)=O)C1OC(C)=O. The number of alkyl halides is 1. The molecule has 4 rings (SSSR count). The molecule has 2 aliphatic heterocycles. The summed E-state index contributed by atoms with van der Waals surface area (Å²) in [6, 6.07) is 1.83. The minimum atomic E-state index is -1.32. The van der Waals surface area contributed by atoms with E-state index in [-0.39, 0.29) is 12.5 Å². The molecule has 6 atom stereocenters. The average Bonchev–Trinajstić information content (AvgIpc) is 3.43. The van der Waals surface area contributed by atoms with Crippen LogP contribution in [0.25, 0.3) is 10.1 Å². The van der Waals surface area contributed by atoms with Gasteiger partial charge in [0.2, 0.25) is 12.4 Å². The van der Waals surface area contributed by atoms with Gasteiger partial charge in [-0.3, -0.25) is 19.2 Å². The standard InChI is InChI=1S/C26H30ClNO10S/c1-11-10-39-25-18(6-17-21(20(11)25)16(7-27)8-28-17)37-26-24(36-15(5)32)23(35-14(4)31)22(34-13(3)30)19(38-26)9-33-12(2)29/h6,10,16,19,22-24,26,28H,7-9H2,1-5H3/t16-,19-,22?,23?,24-,26-/m1/s1. The van der Waals surface area contributed by atoms with E-state index in [2.05, 4.69) is 5.32 Å². The van der Waals surface area contributed by atoms with E-state index < -0.39 is 54.6 Å². The molecular weight excluding hydrogens is 554 g/mol. The number of hydrogen-bond acceptors (Lipinski definition) is 12. The lowest BCUT2D eigenvalue weighted by molar-refractivity contribution is -0.288. The van der Waals surface area contributed by atoms with Gasteiger partial charge in [0.1, 0.15) is 18.5 Å². The van der Waals surface area contributed by atoms with Gasteiger partial charge in [0.25, 0.3) is 0 Å². The Labute approximate surface area is 233 Å². The smallest absolute Gasteiger partial charge is 0.303 e. The molecule has 3 heterocycles. The maximum atomic E-state index is 12.1. The third kappa shape index (κ3) is 6.23. The van der Waals surface area contributed by atoms with E-state index in [9.17, 15) is 19.2 Å². The van der Waals surface area contributed by atoms with Gasteiger partial charge in [-0.15, -0.1) is 22.9 Å². The minimum Gasteiger partial charge on any atom is -0.463 e. The van der Waals surface area contributed by atoms with E-state index in [4.69, 9.17) is 40.0 Å². The van der Waals surface area contributed by atoms with Crippen molar-refractivity contribution in [2.24, 2.45) is 0 Å². The lowest BCUT2D eigenvalue weighted by Gasteiger charge is -2.44. The van der Waals surface area contributed by atoms with Crippen LogP contribution in [0.3, 0.4) is 0 Å². The van der Waals surface area contributed by atoms with E-state index in [0.717, 1.165) is 26.9 Å². The number of ether oxygens (including phenoxy) is 6. The number of esters is 4. The van der Waals surface area contributed by atoms with Crippen molar-refractivity contribution in [2.45, 2.75) is 71.2 Å². The summed E-state index contributed by atoms with van der Waals surface area (Å²) in [6.07, 6.45) is -6.32. The quantitative estimate of drug-likeness (QED) is 0.278. The lowest BCUT2D eigenvalue weighted by atomic mass is 9.96. The first-order valence-electron chi connectivity index (χ1n) is 12.3. The summed E-state index contributed by atoms with van der Waals surface area (Å²) in [5.41, 5.74) is 3.01. The minimum absolute atomic E-state index is 0.122. The van der Waals surface area contributed by atoms with Crippen molar-refractivity contribution < 1.29 is 47.6 Å². The van der Waals surface area contributed by atoms with E-state index in [1.165, 1.54) is 39.0 Å². The molecule has 0 bridgehead atoms. The predicted octanol–water partition coefficient (Wildman–Crippen LogP) is 3.42. The summed E-state index contributed by atoms with van der Waals surface area (Å²) >= 11 is 7.72. The Balaban J connectivity index is 1.78. The van der Waals surface area contributed by atoms with Gasteiger partial charge in [-0.05, 0) is 23.4 Å². The average molecular weight is 584 g/mol. The van der Waals surface area contributed by atoms with Crippen LogP contribution in [-0.4, -0.2) is 73.6 Å². The van der Waals surface area contributed by atoms with E-state index in [0.29, 0.717) is 18.2 Å². The Morgan fingerprint density at radius 3 is 2.26 bits per heavy atom. The first-order valence-corrected chi connectivity index (χ1v) is 13.7. The number of thiophene rings is 1. The van der Waals surface area contributed by atoms with Crippen molar-refractivity contribution in [3.63, 3.8) is 0 Å². The summed E-state index contributed by atoms with van der Waals surface area (Å²) in [6.45, 7) is 7.06. The highest BCUT2D eigenvalue weighted by Crippen LogP contribution is 2.47. The molecule has 1 N–H and O–H groups in total. The molecule has 1 aromatic carbocycles. The van der Waals surface area contributed by atoms with Crippen LogP contribution >= 0.6 is 22.9 Å². The maximum absolute atomic E-state index is 12.1. The highest BCUT2D eigenvalue weighted by Gasteiger charge is 2.53. The van der Waals surface area contributed by atoms with Crippen LogP contribution in [0.5, 0.6) is 5.75 Å². The van der Waals surface area contributed by atoms with Gasteiger partial charge in [0.15, 0.2) is 12.2 Å². The van der Waals surface area contributed by atoms with Crippen LogP contribution in [0.2, 0.25) is 0 Å². The van der Waals surface area contributed by atoms with Crippen LogP contribution < -0.4 is 10.1 Å². The van der Waals surface area contributed by atoms with E-state index in [1.807, 2.05) is 18.4 Å². The monoisotopic (exact) mass is 583 g/mol. The summed E-state index contributed by atoms with van der Waals surface area (Å²) < 4.78 is 34.9. The molecule has 0 spiro atoms. The third-order valence-corrected chi connectivity index (χ3v) is 7.84. The number of halogens is 1. The zero-order valence-electron chi connectivity index (χ0n) is 22.1. The number of carbonyl (C=O) groups is 4. The zero-order chi connectivity index (χ0) is 28.4. The van der Waals surface area contributed by atoms with Gasteiger partial charge in [-0.2, -0.15) is 0 Å². The van der Waals surface area contributed by atoms with Gasteiger partial charge < -0.3 is 33.7 Å².